The molecule has 0 saturated heterocycles. The van der Waals surface area contributed by atoms with Gasteiger partial charge < -0.3 is 10.5 Å². The van der Waals surface area contributed by atoms with Gasteiger partial charge in [0.15, 0.2) is 0 Å². The van der Waals surface area contributed by atoms with Crippen molar-refractivity contribution in [3.63, 3.8) is 0 Å². The highest BCUT2D eigenvalue weighted by Gasteiger charge is 2.15. The van der Waals surface area contributed by atoms with Gasteiger partial charge in [-0.2, -0.15) is 0 Å². The van der Waals surface area contributed by atoms with Crippen molar-refractivity contribution < 1.29 is 4.74 Å². The van der Waals surface area contributed by atoms with Gasteiger partial charge in [-0.25, -0.2) is 0 Å². The maximum absolute atomic E-state index is 6.32. The number of fused-ring (bicyclic) bond motifs is 1. The Kier molecular flexibility index (Phi) is 4.89. The summed E-state index contributed by atoms with van der Waals surface area (Å²) in [6.45, 7) is 0.628. The van der Waals surface area contributed by atoms with Crippen molar-refractivity contribution in [2.75, 3.05) is 6.61 Å². The van der Waals surface area contributed by atoms with Crippen LogP contribution in [0.1, 0.15) is 50.1 Å². The number of hydrogen-bond acceptors (Lipinski definition) is 2. The summed E-state index contributed by atoms with van der Waals surface area (Å²) in [6.07, 6.45) is 8.13. The first-order valence-corrected chi connectivity index (χ1v) is 8.19. The van der Waals surface area contributed by atoms with Crippen LogP contribution in [0.4, 0.5) is 0 Å². The number of rotatable bonds is 4. The highest BCUT2D eigenvalue weighted by Crippen LogP contribution is 2.23. The molecule has 1 atom stereocenters. The minimum atomic E-state index is -0.0298. The lowest BCUT2D eigenvalue weighted by molar-refractivity contribution is 0.0345. The highest BCUT2D eigenvalue weighted by molar-refractivity contribution is 5.83. The van der Waals surface area contributed by atoms with Crippen molar-refractivity contribution in [2.24, 2.45) is 5.73 Å². The van der Waals surface area contributed by atoms with E-state index in [1.165, 1.54) is 54.9 Å². The van der Waals surface area contributed by atoms with Crippen LogP contribution in [0.2, 0.25) is 0 Å². The Morgan fingerprint density at radius 3 is 2.43 bits per heavy atom. The molecule has 0 aromatic heterocycles. The number of benzene rings is 2. The van der Waals surface area contributed by atoms with Crippen molar-refractivity contribution in [1.82, 2.24) is 0 Å². The van der Waals surface area contributed by atoms with Crippen LogP contribution in [0.3, 0.4) is 0 Å². The van der Waals surface area contributed by atoms with Crippen LogP contribution >= 0.6 is 0 Å². The van der Waals surface area contributed by atoms with E-state index >= 15 is 0 Å². The van der Waals surface area contributed by atoms with Gasteiger partial charge in [0.2, 0.25) is 0 Å². The van der Waals surface area contributed by atoms with Crippen LogP contribution in [0.25, 0.3) is 10.8 Å². The molecule has 0 heterocycles. The van der Waals surface area contributed by atoms with Crippen LogP contribution in [-0.2, 0) is 4.74 Å². The molecule has 112 valence electrons. The lowest BCUT2D eigenvalue weighted by atomic mass is 10.0. The molecular weight excluding hydrogens is 258 g/mol. The summed E-state index contributed by atoms with van der Waals surface area (Å²) in [7, 11) is 0. The molecule has 0 bridgehead atoms. The predicted molar refractivity (Wildman–Crippen MR) is 88.3 cm³/mol. The van der Waals surface area contributed by atoms with Crippen molar-refractivity contribution in [3.05, 3.63) is 48.0 Å². The number of hydrogen-bond donors (Lipinski definition) is 1. The lowest BCUT2D eigenvalue weighted by Crippen LogP contribution is -2.22. The van der Waals surface area contributed by atoms with Gasteiger partial charge in [-0.3, -0.25) is 0 Å². The number of ether oxygens (including phenoxy) is 1. The molecule has 0 spiro atoms. The van der Waals surface area contributed by atoms with Gasteiger partial charge in [-0.1, -0.05) is 62.1 Å². The van der Waals surface area contributed by atoms with E-state index in [0.717, 1.165) is 0 Å². The molecule has 1 aliphatic carbocycles. The van der Waals surface area contributed by atoms with Crippen LogP contribution in [0, 0.1) is 0 Å². The lowest BCUT2D eigenvalue weighted by Gasteiger charge is -2.19. The Hall–Kier alpha value is -1.38. The van der Waals surface area contributed by atoms with Crippen LogP contribution in [0.15, 0.2) is 42.5 Å². The fourth-order valence-electron chi connectivity index (χ4n) is 3.18. The van der Waals surface area contributed by atoms with Gasteiger partial charge in [0.25, 0.3) is 0 Å². The SMILES string of the molecule is NC(COC1CCCCCC1)c1ccc2ccccc2c1. The molecule has 2 nitrogen and oxygen atoms in total. The summed E-state index contributed by atoms with van der Waals surface area (Å²) in [6, 6.07) is 14.8. The second-order valence-electron chi connectivity index (χ2n) is 6.16. The van der Waals surface area contributed by atoms with E-state index in [1.807, 2.05) is 0 Å². The molecule has 1 unspecified atom stereocenters. The fourth-order valence-corrected chi connectivity index (χ4v) is 3.18. The summed E-state index contributed by atoms with van der Waals surface area (Å²) >= 11 is 0. The average Bonchev–Trinajstić information content (AvgIpc) is 2.81. The molecule has 0 radical (unpaired) electrons. The van der Waals surface area contributed by atoms with Gasteiger partial charge >= 0.3 is 0 Å². The first kappa shape index (κ1) is 14.6. The van der Waals surface area contributed by atoms with E-state index in [4.69, 9.17) is 10.5 Å². The third-order valence-corrected chi connectivity index (χ3v) is 4.52. The zero-order valence-corrected chi connectivity index (χ0v) is 12.6. The monoisotopic (exact) mass is 283 g/mol. The molecule has 1 aliphatic rings. The molecule has 1 saturated carbocycles. The highest BCUT2D eigenvalue weighted by atomic mass is 16.5. The van der Waals surface area contributed by atoms with Gasteiger partial charge in [0.1, 0.15) is 0 Å². The zero-order valence-electron chi connectivity index (χ0n) is 12.6. The Labute approximate surface area is 127 Å². The molecule has 3 rings (SSSR count). The quantitative estimate of drug-likeness (QED) is 0.834. The minimum Gasteiger partial charge on any atom is -0.376 e. The Morgan fingerprint density at radius 1 is 0.952 bits per heavy atom. The smallest absolute Gasteiger partial charge is 0.0663 e. The fraction of sp³-hybridized carbons (Fsp3) is 0.474. The van der Waals surface area contributed by atoms with Gasteiger partial charge in [-0.15, -0.1) is 0 Å². The third kappa shape index (κ3) is 3.84. The molecule has 2 aromatic rings. The van der Waals surface area contributed by atoms with Crippen molar-refractivity contribution in [2.45, 2.75) is 50.7 Å². The number of nitrogens with two attached hydrogens (primary N) is 1. The first-order chi connectivity index (χ1) is 10.3. The normalized spacial score (nSPS) is 18.5. The van der Waals surface area contributed by atoms with Gasteiger partial charge in [0.05, 0.1) is 18.8 Å². The van der Waals surface area contributed by atoms with E-state index in [2.05, 4.69) is 42.5 Å². The second-order valence-corrected chi connectivity index (χ2v) is 6.16. The average molecular weight is 283 g/mol. The summed E-state index contributed by atoms with van der Waals surface area (Å²) in [4.78, 5) is 0. The van der Waals surface area contributed by atoms with Crippen LogP contribution in [0.5, 0.6) is 0 Å². The first-order valence-electron chi connectivity index (χ1n) is 8.19. The summed E-state index contributed by atoms with van der Waals surface area (Å²) in [5.74, 6) is 0. The topological polar surface area (TPSA) is 35.2 Å². The maximum atomic E-state index is 6.32. The summed E-state index contributed by atoms with van der Waals surface area (Å²) < 4.78 is 6.07. The zero-order chi connectivity index (χ0) is 14.5. The van der Waals surface area contributed by atoms with E-state index in [-0.39, 0.29) is 6.04 Å². The van der Waals surface area contributed by atoms with Gasteiger partial charge in [-0.05, 0) is 35.2 Å². The third-order valence-electron chi connectivity index (χ3n) is 4.52. The molecule has 2 N–H and O–H groups in total. The van der Waals surface area contributed by atoms with E-state index in [0.29, 0.717) is 12.7 Å². The maximum Gasteiger partial charge on any atom is 0.0663 e. The Balaban J connectivity index is 1.61. The molecule has 2 aromatic carbocycles. The largest absolute Gasteiger partial charge is 0.376 e. The Morgan fingerprint density at radius 2 is 1.67 bits per heavy atom. The summed E-state index contributed by atoms with van der Waals surface area (Å²) in [5.41, 5.74) is 7.49. The Bertz CT molecular complexity index is 573. The second kappa shape index (κ2) is 7.06. The molecule has 0 amide bonds. The molecular formula is C19H25NO. The van der Waals surface area contributed by atoms with Gasteiger partial charge in [0, 0.05) is 0 Å². The predicted octanol–water partition coefficient (Wildman–Crippen LogP) is 4.58. The molecule has 21 heavy (non-hydrogen) atoms. The molecule has 1 fully saturated rings. The van der Waals surface area contributed by atoms with E-state index in [1.54, 1.807) is 0 Å². The minimum absolute atomic E-state index is 0.0298. The van der Waals surface area contributed by atoms with Crippen molar-refractivity contribution in [3.8, 4) is 0 Å². The molecule has 0 aliphatic heterocycles. The van der Waals surface area contributed by atoms with Crippen LogP contribution < -0.4 is 5.73 Å². The van der Waals surface area contributed by atoms with Crippen LogP contribution in [-0.4, -0.2) is 12.7 Å². The van der Waals surface area contributed by atoms with E-state index in [9.17, 15) is 0 Å². The van der Waals surface area contributed by atoms with Crippen molar-refractivity contribution >= 4 is 10.8 Å². The van der Waals surface area contributed by atoms with Crippen molar-refractivity contribution in [1.29, 1.82) is 0 Å². The standard InChI is InChI=1S/C19H25NO/c20-19(14-21-18-9-3-1-2-4-10-18)17-12-11-15-7-5-6-8-16(15)13-17/h5-8,11-13,18-19H,1-4,9-10,14,20H2. The summed E-state index contributed by atoms with van der Waals surface area (Å²) in [5, 5.41) is 2.51. The van der Waals surface area contributed by atoms with E-state index < -0.39 is 0 Å². The molecule has 2 heteroatoms.